The Labute approximate surface area is 186 Å². The number of β-amino-alcohol motifs (C(OH)–C–C–N with tert-alkyl or cyclic N) is 1. The number of nitriles is 1. The Morgan fingerprint density at radius 1 is 1.18 bits per heavy atom. The molecule has 1 fully saturated rings. The van der Waals surface area contributed by atoms with Crippen molar-refractivity contribution in [2.24, 2.45) is 0 Å². The first kappa shape index (κ1) is 22.7. The first-order valence-electron chi connectivity index (χ1n) is 9.94. The van der Waals surface area contributed by atoms with Gasteiger partial charge in [-0.3, -0.25) is 0 Å². The Morgan fingerprint density at radius 3 is 2.55 bits per heavy atom. The Kier molecular flexibility index (Phi) is 5.59. The third-order valence-electron chi connectivity index (χ3n) is 5.61. The minimum Gasteiger partial charge on any atom is -0.388 e. The largest absolute Gasteiger partial charge is 0.417 e. The summed E-state index contributed by atoms with van der Waals surface area (Å²) >= 11 is 0. The van der Waals surface area contributed by atoms with E-state index in [0.29, 0.717) is 11.3 Å². The van der Waals surface area contributed by atoms with Crippen LogP contribution in [0.1, 0.15) is 34.3 Å². The molecule has 0 spiro atoms. The smallest absolute Gasteiger partial charge is 0.388 e. The molecule has 33 heavy (non-hydrogen) atoms. The second-order valence-corrected chi connectivity index (χ2v) is 7.86. The summed E-state index contributed by atoms with van der Waals surface area (Å²) in [6.45, 7) is 2.66. The van der Waals surface area contributed by atoms with Gasteiger partial charge in [0.25, 0.3) is 0 Å². The molecule has 2 aromatic heterocycles. The number of hydrogen-bond acceptors (Lipinski definition) is 6. The van der Waals surface area contributed by atoms with Gasteiger partial charge in [0.2, 0.25) is 0 Å². The van der Waals surface area contributed by atoms with Crippen LogP contribution in [0.5, 0.6) is 0 Å². The van der Waals surface area contributed by atoms with Crippen molar-refractivity contribution in [1.82, 2.24) is 14.5 Å². The van der Waals surface area contributed by atoms with Crippen LogP contribution in [-0.2, 0) is 6.18 Å². The lowest BCUT2D eigenvalue weighted by Crippen LogP contribution is -2.32. The number of alkyl halides is 3. The molecule has 3 aromatic rings. The van der Waals surface area contributed by atoms with Gasteiger partial charge >= 0.3 is 6.18 Å². The number of halogens is 4. The van der Waals surface area contributed by atoms with Crippen molar-refractivity contribution in [1.29, 1.82) is 5.26 Å². The maximum absolute atomic E-state index is 13.8. The summed E-state index contributed by atoms with van der Waals surface area (Å²) in [5, 5.41) is 30.7. The minimum atomic E-state index is -4.80. The number of aromatic nitrogens is 3. The number of aliphatic hydroxyl groups is 2. The quantitative estimate of drug-likeness (QED) is 0.582. The van der Waals surface area contributed by atoms with Gasteiger partial charge in [-0.25, -0.2) is 14.4 Å². The fraction of sp³-hybridized carbons (Fsp3) is 0.318. The van der Waals surface area contributed by atoms with Crippen LogP contribution in [0.2, 0.25) is 0 Å². The van der Waals surface area contributed by atoms with Crippen LogP contribution in [0.3, 0.4) is 0 Å². The van der Waals surface area contributed by atoms with Crippen molar-refractivity contribution in [3.63, 3.8) is 0 Å². The Morgan fingerprint density at radius 2 is 1.91 bits per heavy atom. The molecule has 7 nitrogen and oxygen atoms in total. The third kappa shape index (κ3) is 3.92. The molecule has 1 saturated heterocycles. The molecule has 3 atom stereocenters. The van der Waals surface area contributed by atoms with Gasteiger partial charge in [0.05, 0.1) is 11.7 Å². The van der Waals surface area contributed by atoms with Crippen molar-refractivity contribution >= 4 is 5.82 Å². The van der Waals surface area contributed by atoms with E-state index in [2.05, 4.69) is 9.97 Å². The molecule has 0 amide bonds. The van der Waals surface area contributed by atoms with Gasteiger partial charge in [0, 0.05) is 30.3 Å². The highest BCUT2D eigenvalue weighted by atomic mass is 19.4. The molecule has 1 aliphatic rings. The molecule has 0 saturated carbocycles. The fourth-order valence-corrected chi connectivity index (χ4v) is 4.06. The Balaban J connectivity index is 1.88. The molecule has 172 valence electrons. The van der Waals surface area contributed by atoms with Gasteiger partial charge in [0.1, 0.15) is 41.2 Å². The second-order valence-electron chi connectivity index (χ2n) is 7.86. The molecule has 0 aliphatic carbocycles. The molecule has 1 aromatic carbocycles. The van der Waals surface area contributed by atoms with Crippen molar-refractivity contribution in [3.8, 4) is 11.8 Å². The highest BCUT2D eigenvalue weighted by molar-refractivity contribution is 5.61. The molecule has 0 unspecified atom stereocenters. The van der Waals surface area contributed by atoms with Gasteiger partial charge in [-0.15, -0.1) is 0 Å². The fourth-order valence-electron chi connectivity index (χ4n) is 4.06. The number of aryl methyl sites for hydroxylation is 2. The summed E-state index contributed by atoms with van der Waals surface area (Å²) in [6, 6.07) is 5.53. The number of anilines is 1. The van der Waals surface area contributed by atoms with Crippen LogP contribution < -0.4 is 4.90 Å². The van der Waals surface area contributed by atoms with E-state index < -0.39 is 41.4 Å². The van der Waals surface area contributed by atoms with Crippen LogP contribution in [0, 0.1) is 31.0 Å². The van der Waals surface area contributed by atoms with Crippen LogP contribution in [0.25, 0.3) is 5.69 Å². The van der Waals surface area contributed by atoms with Gasteiger partial charge in [-0.2, -0.15) is 18.4 Å². The predicted octanol–water partition coefficient (Wildman–Crippen LogP) is 3.20. The summed E-state index contributed by atoms with van der Waals surface area (Å²) in [6.07, 6.45) is -4.61. The number of aliphatic hydroxyl groups excluding tert-OH is 2. The van der Waals surface area contributed by atoms with Gasteiger partial charge in [0.15, 0.2) is 0 Å². The normalized spacial score (nSPS) is 20.8. The highest BCUT2D eigenvalue weighted by Gasteiger charge is 2.46. The van der Waals surface area contributed by atoms with Crippen molar-refractivity contribution in [3.05, 3.63) is 70.7 Å². The molecule has 4 rings (SSSR count). The van der Waals surface area contributed by atoms with E-state index in [1.807, 2.05) is 0 Å². The maximum Gasteiger partial charge on any atom is 0.417 e. The lowest BCUT2D eigenvalue weighted by molar-refractivity contribution is -0.137. The highest BCUT2D eigenvalue weighted by Crippen LogP contribution is 2.41. The molecule has 3 heterocycles. The van der Waals surface area contributed by atoms with E-state index in [1.165, 1.54) is 34.7 Å². The van der Waals surface area contributed by atoms with Crippen LogP contribution in [-0.4, -0.2) is 43.5 Å². The zero-order chi connectivity index (χ0) is 24.1. The van der Waals surface area contributed by atoms with E-state index in [4.69, 9.17) is 0 Å². The molecule has 1 aliphatic heterocycles. The first-order chi connectivity index (χ1) is 15.5. The van der Waals surface area contributed by atoms with Crippen LogP contribution in [0.4, 0.5) is 23.4 Å². The van der Waals surface area contributed by atoms with Gasteiger partial charge < -0.3 is 19.7 Å². The monoisotopic (exact) mass is 461 g/mol. The molecule has 0 radical (unpaired) electrons. The second kappa shape index (κ2) is 8.13. The summed E-state index contributed by atoms with van der Waals surface area (Å²) in [4.78, 5) is 9.67. The number of pyridine rings is 1. The number of benzene rings is 1. The van der Waals surface area contributed by atoms with E-state index in [0.717, 1.165) is 6.07 Å². The van der Waals surface area contributed by atoms with E-state index in [-0.39, 0.29) is 23.9 Å². The van der Waals surface area contributed by atoms with Gasteiger partial charge in [-0.05, 0) is 43.7 Å². The average molecular weight is 461 g/mol. The first-order valence-corrected chi connectivity index (χ1v) is 9.94. The topological polar surface area (TPSA) is 98.2 Å². The number of rotatable bonds is 3. The van der Waals surface area contributed by atoms with E-state index in [1.54, 1.807) is 25.3 Å². The molecular weight excluding hydrogens is 442 g/mol. The average Bonchev–Trinajstić information content (AvgIpc) is 3.33. The van der Waals surface area contributed by atoms with Crippen LogP contribution >= 0.6 is 0 Å². The van der Waals surface area contributed by atoms with Crippen LogP contribution in [0.15, 0.2) is 36.7 Å². The van der Waals surface area contributed by atoms with Gasteiger partial charge in [-0.1, -0.05) is 0 Å². The number of imidazole rings is 1. The zero-order valence-electron chi connectivity index (χ0n) is 17.5. The lowest BCUT2D eigenvalue weighted by atomic mass is 10.1. The summed E-state index contributed by atoms with van der Waals surface area (Å²) in [5.74, 6) is -0.540. The SMILES string of the molecule is Cc1cc(C(F)(F)F)c(C#N)c(N2C[C@H](O)[C@H](O)[C@H]2c2nccn2-c2ccc(F)c(C)c2)n1. The molecular formula is C22H19F4N5O2. The summed E-state index contributed by atoms with van der Waals surface area (Å²) in [5.41, 5.74) is -0.986. The van der Waals surface area contributed by atoms with E-state index >= 15 is 0 Å². The van der Waals surface area contributed by atoms with Crippen molar-refractivity contribution in [2.45, 2.75) is 38.3 Å². The zero-order valence-corrected chi connectivity index (χ0v) is 17.5. The minimum absolute atomic E-state index is 0.0171. The summed E-state index contributed by atoms with van der Waals surface area (Å²) in [7, 11) is 0. The Bertz CT molecular complexity index is 1250. The number of hydrogen-bond donors (Lipinski definition) is 2. The summed E-state index contributed by atoms with van der Waals surface area (Å²) < 4.78 is 56.2. The predicted molar refractivity (Wildman–Crippen MR) is 109 cm³/mol. The van der Waals surface area contributed by atoms with Crippen molar-refractivity contribution < 1.29 is 27.8 Å². The maximum atomic E-state index is 13.8. The Hall–Kier alpha value is -3.49. The molecule has 2 N–H and O–H groups in total. The number of nitrogens with zero attached hydrogens (tertiary/aromatic N) is 5. The molecule has 11 heteroatoms. The lowest BCUT2D eigenvalue weighted by Gasteiger charge is -2.28. The molecule has 0 bridgehead atoms. The van der Waals surface area contributed by atoms with Crippen molar-refractivity contribution in [2.75, 3.05) is 11.4 Å². The van der Waals surface area contributed by atoms with E-state index in [9.17, 15) is 33.0 Å². The third-order valence-corrected chi connectivity index (χ3v) is 5.61. The standard InChI is InChI=1S/C22H19F4N5O2/c1-11-7-13(3-4-16(11)23)30-6-5-28-21(30)18-19(33)17(32)10-31(18)20-14(9-27)15(22(24,25)26)8-12(2)29-20/h3-8,17-19,32-33H,10H2,1-2H3/t17-,18-,19-/m0/s1.